The van der Waals surface area contributed by atoms with Crippen LogP contribution in [0.15, 0.2) is 12.7 Å². The van der Waals surface area contributed by atoms with Crippen molar-refractivity contribution >= 4 is 5.91 Å². The first-order valence-electron chi connectivity index (χ1n) is 9.81. The largest absolute Gasteiger partial charge is 0.378 e. The van der Waals surface area contributed by atoms with Crippen molar-refractivity contribution in [1.29, 1.82) is 0 Å². The van der Waals surface area contributed by atoms with Crippen LogP contribution < -0.4 is 0 Å². The highest BCUT2D eigenvalue weighted by molar-refractivity contribution is 5.76. The normalized spacial score (nSPS) is 14.9. The van der Waals surface area contributed by atoms with Crippen LogP contribution in [0.2, 0.25) is 0 Å². The summed E-state index contributed by atoms with van der Waals surface area (Å²) in [5, 5.41) is 0. The quantitative estimate of drug-likeness (QED) is 0.329. The maximum Gasteiger partial charge on any atom is 0.222 e. The standard InChI is InChI=1S/C20H37NO2/c1-2-3-4-5-6-7-8-9-10-11-12-13-14-15-20(22)21-16-18-23-19-17-21/h2H,1,3-19H2. The van der Waals surface area contributed by atoms with Crippen molar-refractivity contribution in [2.45, 2.75) is 83.5 Å². The molecule has 1 saturated heterocycles. The molecule has 3 heteroatoms. The van der Waals surface area contributed by atoms with Gasteiger partial charge in [0.2, 0.25) is 5.91 Å². The molecule has 0 atom stereocenters. The molecular formula is C20H37NO2. The van der Waals surface area contributed by atoms with Gasteiger partial charge in [-0.2, -0.15) is 0 Å². The molecule has 0 aromatic heterocycles. The van der Waals surface area contributed by atoms with Crippen LogP contribution in [0.3, 0.4) is 0 Å². The van der Waals surface area contributed by atoms with Gasteiger partial charge in [0, 0.05) is 19.5 Å². The minimum absolute atomic E-state index is 0.324. The van der Waals surface area contributed by atoms with Gasteiger partial charge in [-0.05, 0) is 19.3 Å². The van der Waals surface area contributed by atoms with Gasteiger partial charge in [-0.25, -0.2) is 0 Å². The molecule has 0 aliphatic carbocycles. The summed E-state index contributed by atoms with van der Waals surface area (Å²) in [5.41, 5.74) is 0. The van der Waals surface area contributed by atoms with Crippen LogP contribution in [0.1, 0.15) is 83.5 Å². The Labute approximate surface area is 143 Å². The third kappa shape index (κ3) is 11.4. The van der Waals surface area contributed by atoms with Gasteiger partial charge < -0.3 is 9.64 Å². The summed E-state index contributed by atoms with van der Waals surface area (Å²) in [4.78, 5) is 13.9. The van der Waals surface area contributed by atoms with E-state index < -0.39 is 0 Å². The van der Waals surface area contributed by atoms with Gasteiger partial charge in [-0.1, -0.05) is 63.9 Å². The predicted octanol–water partition coefficient (Wildman–Crippen LogP) is 5.10. The molecule has 0 saturated carbocycles. The molecule has 0 aromatic carbocycles. The summed E-state index contributed by atoms with van der Waals surface area (Å²) in [6.07, 6.45) is 18.4. The van der Waals surface area contributed by atoms with E-state index in [-0.39, 0.29) is 0 Å². The first-order valence-corrected chi connectivity index (χ1v) is 9.81. The molecule has 0 bridgehead atoms. The van der Waals surface area contributed by atoms with E-state index >= 15 is 0 Å². The van der Waals surface area contributed by atoms with Crippen LogP contribution in [-0.4, -0.2) is 37.1 Å². The maximum atomic E-state index is 12.0. The van der Waals surface area contributed by atoms with E-state index in [2.05, 4.69) is 6.58 Å². The van der Waals surface area contributed by atoms with E-state index in [1.54, 1.807) is 0 Å². The fourth-order valence-electron chi connectivity index (χ4n) is 3.13. The Bertz CT molecular complexity index is 298. The van der Waals surface area contributed by atoms with Gasteiger partial charge >= 0.3 is 0 Å². The fraction of sp³-hybridized carbons (Fsp3) is 0.850. The van der Waals surface area contributed by atoms with E-state index in [1.807, 2.05) is 11.0 Å². The van der Waals surface area contributed by atoms with Crippen molar-refractivity contribution in [3.63, 3.8) is 0 Å². The number of hydrogen-bond acceptors (Lipinski definition) is 2. The lowest BCUT2D eigenvalue weighted by molar-refractivity contribution is -0.135. The molecule has 1 heterocycles. The monoisotopic (exact) mass is 323 g/mol. The lowest BCUT2D eigenvalue weighted by Gasteiger charge is -2.26. The summed E-state index contributed by atoms with van der Waals surface area (Å²) in [6, 6.07) is 0. The van der Waals surface area contributed by atoms with Gasteiger partial charge in [0.15, 0.2) is 0 Å². The second-order valence-electron chi connectivity index (χ2n) is 6.71. The third-order valence-electron chi connectivity index (χ3n) is 4.66. The minimum Gasteiger partial charge on any atom is -0.378 e. The summed E-state index contributed by atoms with van der Waals surface area (Å²) in [5.74, 6) is 0.324. The lowest BCUT2D eigenvalue weighted by Crippen LogP contribution is -2.40. The number of nitrogens with zero attached hydrogens (tertiary/aromatic N) is 1. The molecule has 3 nitrogen and oxygen atoms in total. The smallest absolute Gasteiger partial charge is 0.222 e. The summed E-state index contributed by atoms with van der Waals surface area (Å²) in [7, 11) is 0. The zero-order valence-corrected chi connectivity index (χ0v) is 15.1. The van der Waals surface area contributed by atoms with E-state index in [1.165, 1.54) is 70.6 Å². The molecule has 0 spiro atoms. The molecule has 134 valence electrons. The molecule has 1 aliphatic heterocycles. The SMILES string of the molecule is C=CCCCCCCCCCCCCCC(=O)N1CCOCC1. The molecular weight excluding hydrogens is 286 g/mol. The second kappa shape index (κ2) is 14.7. The van der Waals surface area contributed by atoms with Crippen LogP contribution in [0.5, 0.6) is 0 Å². The predicted molar refractivity (Wildman–Crippen MR) is 97.6 cm³/mol. The first kappa shape index (κ1) is 20.2. The lowest BCUT2D eigenvalue weighted by atomic mass is 10.0. The highest BCUT2D eigenvalue weighted by Gasteiger charge is 2.15. The fourth-order valence-corrected chi connectivity index (χ4v) is 3.13. The Kier molecular flexibility index (Phi) is 13.0. The van der Waals surface area contributed by atoms with Crippen molar-refractivity contribution in [3.05, 3.63) is 12.7 Å². The van der Waals surface area contributed by atoms with Crippen molar-refractivity contribution < 1.29 is 9.53 Å². The van der Waals surface area contributed by atoms with Crippen molar-refractivity contribution in [1.82, 2.24) is 4.90 Å². The number of unbranched alkanes of at least 4 members (excludes halogenated alkanes) is 11. The van der Waals surface area contributed by atoms with Gasteiger partial charge in [0.1, 0.15) is 0 Å². The Morgan fingerprint density at radius 1 is 0.826 bits per heavy atom. The molecule has 0 aromatic rings. The van der Waals surface area contributed by atoms with Crippen LogP contribution in [0, 0.1) is 0 Å². The summed E-state index contributed by atoms with van der Waals surface area (Å²) < 4.78 is 5.27. The van der Waals surface area contributed by atoms with Crippen LogP contribution in [0.25, 0.3) is 0 Å². The van der Waals surface area contributed by atoms with Gasteiger partial charge in [0.05, 0.1) is 13.2 Å². The van der Waals surface area contributed by atoms with Crippen LogP contribution in [0.4, 0.5) is 0 Å². The first-order chi connectivity index (χ1) is 11.3. The molecule has 1 rings (SSSR count). The number of morpholine rings is 1. The number of carbonyl (C=O) groups is 1. The summed E-state index contributed by atoms with van der Waals surface area (Å²) >= 11 is 0. The number of allylic oxidation sites excluding steroid dienone is 1. The van der Waals surface area contributed by atoms with E-state index in [0.717, 1.165) is 25.9 Å². The van der Waals surface area contributed by atoms with E-state index in [9.17, 15) is 4.79 Å². The highest BCUT2D eigenvalue weighted by Crippen LogP contribution is 2.13. The number of amides is 1. The Balaban J connectivity index is 1.77. The summed E-state index contributed by atoms with van der Waals surface area (Å²) in [6.45, 7) is 6.74. The topological polar surface area (TPSA) is 29.5 Å². The zero-order valence-electron chi connectivity index (χ0n) is 15.1. The zero-order chi connectivity index (χ0) is 16.6. The van der Waals surface area contributed by atoms with Crippen LogP contribution in [-0.2, 0) is 9.53 Å². The van der Waals surface area contributed by atoms with Crippen molar-refractivity contribution in [2.75, 3.05) is 26.3 Å². The van der Waals surface area contributed by atoms with Crippen LogP contribution >= 0.6 is 0 Å². The molecule has 0 radical (unpaired) electrons. The van der Waals surface area contributed by atoms with Crippen molar-refractivity contribution in [3.8, 4) is 0 Å². The Hall–Kier alpha value is -0.830. The maximum absolute atomic E-state index is 12.0. The molecule has 23 heavy (non-hydrogen) atoms. The number of hydrogen-bond donors (Lipinski definition) is 0. The van der Waals surface area contributed by atoms with Gasteiger partial charge in [-0.15, -0.1) is 6.58 Å². The van der Waals surface area contributed by atoms with Gasteiger partial charge in [0.25, 0.3) is 0 Å². The van der Waals surface area contributed by atoms with Crippen molar-refractivity contribution in [2.24, 2.45) is 0 Å². The number of rotatable bonds is 14. The molecule has 1 fully saturated rings. The third-order valence-corrected chi connectivity index (χ3v) is 4.66. The molecule has 0 unspecified atom stereocenters. The van der Waals surface area contributed by atoms with E-state index in [4.69, 9.17) is 4.74 Å². The second-order valence-corrected chi connectivity index (χ2v) is 6.71. The van der Waals surface area contributed by atoms with E-state index in [0.29, 0.717) is 19.1 Å². The Morgan fingerprint density at radius 3 is 1.83 bits per heavy atom. The number of carbonyl (C=O) groups excluding carboxylic acids is 1. The Morgan fingerprint density at radius 2 is 1.30 bits per heavy atom. The highest BCUT2D eigenvalue weighted by atomic mass is 16.5. The molecule has 0 N–H and O–H groups in total. The van der Waals surface area contributed by atoms with Gasteiger partial charge in [-0.3, -0.25) is 4.79 Å². The molecule has 1 amide bonds. The molecule has 1 aliphatic rings. The average molecular weight is 324 g/mol. The minimum atomic E-state index is 0.324. The average Bonchev–Trinajstić information content (AvgIpc) is 2.59. The number of ether oxygens (including phenoxy) is 1.